The molecule has 3 N–H and O–H groups in total. The maximum atomic E-state index is 13.1. The number of phosphoric acid groups is 2. The fraction of sp³-hybridized carbons (Fsp3) is 0.949. The highest BCUT2D eigenvalue weighted by Crippen LogP contribution is 2.45. The van der Waals surface area contributed by atoms with E-state index in [2.05, 4.69) is 48.5 Å². The lowest BCUT2D eigenvalue weighted by Gasteiger charge is -2.21. The zero-order chi connectivity index (χ0) is 72.3. The summed E-state index contributed by atoms with van der Waals surface area (Å²) >= 11 is 0. The monoisotopic (exact) mass is 1440 g/mol. The van der Waals surface area contributed by atoms with Crippen molar-refractivity contribution < 1.29 is 80.2 Å². The first-order chi connectivity index (χ1) is 47.2. The van der Waals surface area contributed by atoms with Gasteiger partial charge in [-0.15, -0.1) is 0 Å². The van der Waals surface area contributed by atoms with Crippen molar-refractivity contribution in [3.05, 3.63) is 0 Å². The van der Waals surface area contributed by atoms with Gasteiger partial charge in [0.2, 0.25) is 0 Å². The number of carbonyl (C=O) groups is 4. The minimum Gasteiger partial charge on any atom is -0.462 e. The minimum atomic E-state index is -4.96. The van der Waals surface area contributed by atoms with Crippen molar-refractivity contribution in [1.29, 1.82) is 0 Å². The van der Waals surface area contributed by atoms with Crippen molar-refractivity contribution in [2.45, 2.75) is 426 Å². The Balaban J connectivity index is 5.16. The molecule has 0 amide bonds. The summed E-state index contributed by atoms with van der Waals surface area (Å²) < 4.78 is 68.5. The van der Waals surface area contributed by atoms with Crippen LogP contribution in [0.5, 0.6) is 0 Å². The molecule has 17 nitrogen and oxygen atoms in total. The Hall–Kier alpha value is -1.94. The van der Waals surface area contributed by atoms with Crippen molar-refractivity contribution in [2.75, 3.05) is 39.6 Å². The van der Waals surface area contributed by atoms with Gasteiger partial charge in [0.1, 0.15) is 19.3 Å². The molecule has 19 heteroatoms. The smallest absolute Gasteiger partial charge is 0.462 e. The van der Waals surface area contributed by atoms with Crippen LogP contribution < -0.4 is 0 Å². The number of esters is 4. The molecule has 0 aromatic rings. The minimum absolute atomic E-state index is 0.103. The molecule has 0 bridgehead atoms. The zero-order valence-electron chi connectivity index (χ0n) is 64.3. The van der Waals surface area contributed by atoms with Gasteiger partial charge >= 0.3 is 39.5 Å². The number of hydrogen-bond acceptors (Lipinski definition) is 15. The molecule has 2 unspecified atom stereocenters. The molecular formula is C79H154O17P2. The van der Waals surface area contributed by atoms with Crippen molar-refractivity contribution >= 4 is 39.5 Å². The van der Waals surface area contributed by atoms with E-state index in [1.54, 1.807) is 0 Å². The third-order valence-corrected chi connectivity index (χ3v) is 20.3. The predicted molar refractivity (Wildman–Crippen MR) is 400 cm³/mol. The quantitative estimate of drug-likeness (QED) is 0.0222. The van der Waals surface area contributed by atoms with E-state index in [-0.39, 0.29) is 25.7 Å². The molecule has 0 aromatic carbocycles. The molecule has 0 aromatic heterocycles. The van der Waals surface area contributed by atoms with E-state index in [1.807, 2.05) is 0 Å². The summed E-state index contributed by atoms with van der Waals surface area (Å²) in [6.07, 6.45) is 57.2. The van der Waals surface area contributed by atoms with Crippen LogP contribution >= 0.6 is 15.6 Å². The first-order valence-corrected chi connectivity index (χ1v) is 43.8. The molecule has 0 heterocycles. The number of unbranched alkanes of at least 4 members (excludes halogenated alkanes) is 45. The number of rotatable bonds is 77. The molecule has 0 radical (unpaired) electrons. The lowest BCUT2D eigenvalue weighted by Crippen LogP contribution is -2.30. The van der Waals surface area contributed by atoms with Crippen LogP contribution in [0, 0.1) is 17.8 Å². The van der Waals surface area contributed by atoms with Crippen LogP contribution in [0.15, 0.2) is 0 Å². The molecule has 98 heavy (non-hydrogen) atoms. The molecule has 0 rings (SSSR count). The van der Waals surface area contributed by atoms with Crippen molar-refractivity contribution in [1.82, 2.24) is 0 Å². The standard InChI is InChI=1S/C79H154O17P2/c1-8-9-10-11-12-39-46-53-60-76(81)89-66-75(96-79(84)63-56-49-42-35-38-45-52-59-72(6)7)69-94-98(87,88)92-65-73(80)64-91-97(85,86)93-68-74(67-90-77(82)61-54-47-40-33-29-25-21-18-17-20-24-28-32-37-44-51-58-71(4)5)95-78(83)62-55-48-41-34-30-26-22-16-14-13-15-19-23-27-31-36-43-50-57-70(2)3/h70-75,80H,8-69H2,1-7H3,(H,85,86)(H,87,88)/t73-,74-,75-/m1/s1. The Morgan fingerprint density at radius 1 is 0.276 bits per heavy atom. The highest BCUT2D eigenvalue weighted by molar-refractivity contribution is 7.47. The first kappa shape index (κ1) is 96.1. The Morgan fingerprint density at radius 3 is 0.694 bits per heavy atom. The second kappa shape index (κ2) is 69.4. The van der Waals surface area contributed by atoms with Crippen LogP contribution in [-0.2, 0) is 65.4 Å². The normalized spacial score (nSPS) is 14.0. The van der Waals surface area contributed by atoms with E-state index < -0.39 is 97.5 Å². The summed E-state index contributed by atoms with van der Waals surface area (Å²) in [4.78, 5) is 72.8. The summed E-state index contributed by atoms with van der Waals surface area (Å²) in [5.41, 5.74) is 0. The largest absolute Gasteiger partial charge is 0.472 e. The van der Waals surface area contributed by atoms with Gasteiger partial charge < -0.3 is 33.8 Å². The topological polar surface area (TPSA) is 237 Å². The van der Waals surface area contributed by atoms with Crippen LogP contribution in [0.1, 0.15) is 408 Å². The van der Waals surface area contributed by atoms with Gasteiger partial charge in [0.15, 0.2) is 12.2 Å². The summed E-state index contributed by atoms with van der Waals surface area (Å²) in [5, 5.41) is 10.6. The second-order valence-corrected chi connectivity index (χ2v) is 32.8. The Kier molecular flexibility index (Phi) is 68.1. The average molecular weight is 1440 g/mol. The number of hydrogen-bond donors (Lipinski definition) is 3. The van der Waals surface area contributed by atoms with Crippen molar-refractivity contribution in [2.24, 2.45) is 17.8 Å². The van der Waals surface area contributed by atoms with Gasteiger partial charge in [-0.3, -0.25) is 37.3 Å². The number of aliphatic hydroxyl groups excluding tert-OH is 1. The first-order valence-electron chi connectivity index (χ1n) is 40.8. The summed E-state index contributed by atoms with van der Waals surface area (Å²) in [7, 11) is -9.91. The van der Waals surface area contributed by atoms with E-state index in [4.69, 9.17) is 37.0 Å². The highest BCUT2D eigenvalue weighted by Gasteiger charge is 2.30. The Labute approximate surface area is 600 Å². The fourth-order valence-corrected chi connectivity index (χ4v) is 13.7. The lowest BCUT2D eigenvalue weighted by molar-refractivity contribution is -0.161. The molecule has 0 saturated heterocycles. The van der Waals surface area contributed by atoms with E-state index >= 15 is 0 Å². The highest BCUT2D eigenvalue weighted by atomic mass is 31.2. The van der Waals surface area contributed by atoms with Gasteiger partial charge in [0.05, 0.1) is 26.4 Å². The van der Waals surface area contributed by atoms with Crippen LogP contribution in [0.2, 0.25) is 0 Å². The van der Waals surface area contributed by atoms with Crippen LogP contribution in [-0.4, -0.2) is 96.7 Å². The second-order valence-electron chi connectivity index (χ2n) is 29.9. The van der Waals surface area contributed by atoms with Gasteiger partial charge in [-0.2, -0.15) is 0 Å². The molecule has 0 fully saturated rings. The Bertz CT molecular complexity index is 1900. The third-order valence-electron chi connectivity index (χ3n) is 18.4. The summed E-state index contributed by atoms with van der Waals surface area (Å²) in [5.74, 6) is 0.209. The summed E-state index contributed by atoms with van der Waals surface area (Å²) in [6, 6.07) is 0. The molecule has 0 spiro atoms. The molecule has 0 saturated carbocycles. The van der Waals surface area contributed by atoms with E-state index in [1.165, 1.54) is 212 Å². The van der Waals surface area contributed by atoms with Crippen LogP contribution in [0.3, 0.4) is 0 Å². The van der Waals surface area contributed by atoms with E-state index in [9.17, 15) is 43.2 Å². The molecule has 0 aliphatic carbocycles. The van der Waals surface area contributed by atoms with Gasteiger partial charge in [0.25, 0.3) is 0 Å². The molecule has 582 valence electrons. The average Bonchev–Trinajstić information content (AvgIpc) is 1.09. The third kappa shape index (κ3) is 72.4. The zero-order valence-corrected chi connectivity index (χ0v) is 66.0. The lowest BCUT2D eigenvalue weighted by atomic mass is 10.0. The maximum absolute atomic E-state index is 13.1. The van der Waals surface area contributed by atoms with Crippen LogP contribution in [0.4, 0.5) is 0 Å². The van der Waals surface area contributed by atoms with Gasteiger partial charge in [0, 0.05) is 25.7 Å². The predicted octanol–water partition coefficient (Wildman–Crippen LogP) is 23.4. The van der Waals surface area contributed by atoms with Crippen molar-refractivity contribution in [3.63, 3.8) is 0 Å². The van der Waals surface area contributed by atoms with E-state index in [0.717, 1.165) is 108 Å². The van der Waals surface area contributed by atoms with Crippen molar-refractivity contribution in [3.8, 4) is 0 Å². The molecule has 0 aliphatic heterocycles. The fourth-order valence-electron chi connectivity index (χ4n) is 12.1. The number of phosphoric ester groups is 2. The van der Waals surface area contributed by atoms with Gasteiger partial charge in [-0.05, 0) is 43.4 Å². The van der Waals surface area contributed by atoms with E-state index in [0.29, 0.717) is 31.6 Å². The number of carbonyl (C=O) groups excluding carboxylic acids is 4. The maximum Gasteiger partial charge on any atom is 0.472 e. The van der Waals surface area contributed by atoms with Gasteiger partial charge in [-0.25, -0.2) is 9.13 Å². The number of aliphatic hydroxyl groups is 1. The van der Waals surface area contributed by atoms with Crippen LogP contribution in [0.25, 0.3) is 0 Å². The molecule has 0 aliphatic rings. The molecule has 5 atom stereocenters. The molecular weight excluding hydrogens is 1280 g/mol. The number of ether oxygens (including phenoxy) is 4. The summed E-state index contributed by atoms with van der Waals surface area (Å²) in [6.45, 7) is 11.9. The van der Waals surface area contributed by atoms with Gasteiger partial charge in [-0.1, -0.05) is 357 Å². The Morgan fingerprint density at radius 2 is 0.469 bits per heavy atom. The SMILES string of the molecule is CCCCCCCCCCC(=O)OC[C@H](COP(=O)(O)OC[C@H](O)COP(=O)(O)OC[C@@H](COC(=O)CCCCCCCCCCCCCCCCCCC(C)C)OC(=O)CCCCCCCCCCCCCCCCCCCCC(C)C)OC(=O)CCCCCCCCCC(C)C.